The lowest BCUT2D eigenvalue weighted by Crippen LogP contribution is -2.24. The minimum atomic E-state index is -0.527. The molecule has 0 radical (unpaired) electrons. The molecule has 0 atom stereocenters. The molecule has 0 aliphatic carbocycles. The van der Waals surface area contributed by atoms with Gasteiger partial charge in [-0.2, -0.15) is 0 Å². The monoisotopic (exact) mass is 450 g/mol. The summed E-state index contributed by atoms with van der Waals surface area (Å²) in [4.78, 5) is 27.3. The third kappa shape index (κ3) is 5.46. The second-order valence-electron chi connectivity index (χ2n) is 7.93. The number of rotatable bonds is 5. The van der Waals surface area contributed by atoms with Crippen LogP contribution in [0.3, 0.4) is 0 Å². The summed E-state index contributed by atoms with van der Waals surface area (Å²) in [7, 11) is 0. The average molecular weight is 450 g/mol. The fourth-order valence-corrected chi connectivity index (χ4v) is 3.71. The summed E-state index contributed by atoms with van der Waals surface area (Å²) in [5, 5.41) is 8.22. The highest BCUT2D eigenvalue weighted by atomic mass is 19.1. The van der Waals surface area contributed by atoms with Crippen LogP contribution in [0.15, 0.2) is 60.7 Å². The fourth-order valence-electron chi connectivity index (χ4n) is 3.71. The number of nitrogens with one attached hydrogen (secondary N) is 3. The molecule has 0 unspecified atom stereocenters. The number of carbonyl (C=O) groups is 2. The first kappa shape index (κ1) is 22.3. The van der Waals surface area contributed by atoms with Crippen molar-refractivity contribution in [3.63, 3.8) is 0 Å². The SMILES string of the molecule is Cc1ccc(NC(=O)Nc2cc(NC(=O)c3ccc(F)cc3)ccc2N2CCCC2)cc1F. The number of amides is 3. The van der Waals surface area contributed by atoms with Gasteiger partial charge in [-0.3, -0.25) is 4.79 Å². The molecule has 1 fully saturated rings. The summed E-state index contributed by atoms with van der Waals surface area (Å²) in [5.74, 6) is -1.22. The van der Waals surface area contributed by atoms with Gasteiger partial charge >= 0.3 is 6.03 Å². The molecule has 1 saturated heterocycles. The molecule has 0 aromatic heterocycles. The molecular formula is C25H24F2N4O2. The van der Waals surface area contributed by atoms with Gasteiger partial charge < -0.3 is 20.9 Å². The lowest BCUT2D eigenvalue weighted by atomic mass is 10.2. The van der Waals surface area contributed by atoms with E-state index in [2.05, 4.69) is 20.9 Å². The molecule has 3 amide bonds. The number of hydrogen-bond donors (Lipinski definition) is 3. The Kier molecular flexibility index (Phi) is 6.53. The van der Waals surface area contributed by atoms with E-state index >= 15 is 0 Å². The predicted molar refractivity (Wildman–Crippen MR) is 126 cm³/mol. The van der Waals surface area contributed by atoms with E-state index in [1.807, 2.05) is 6.07 Å². The van der Waals surface area contributed by atoms with E-state index in [9.17, 15) is 18.4 Å². The van der Waals surface area contributed by atoms with Gasteiger partial charge in [-0.05, 0) is 79.9 Å². The number of aryl methyl sites for hydroxylation is 1. The molecule has 3 aromatic carbocycles. The van der Waals surface area contributed by atoms with Crippen LogP contribution in [0.1, 0.15) is 28.8 Å². The van der Waals surface area contributed by atoms with Gasteiger partial charge in [-0.25, -0.2) is 13.6 Å². The summed E-state index contributed by atoms with van der Waals surface area (Å²) < 4.78 is 27.0. The van der Waals surface area contributed by atoms with E-state index in [4.69, 9.17) is 0 Å². The maximum Gasteiger partial charge on any atom is 0.323 e. The Bertz CT molecular complexity index is 1180. The summed E-state index contributed by atoms with van der Waals surface area (Å²) >= 11 is 0. The molecule has 170 valence electrons. The molecule has 4 rings (SSSR count). The number of urea groups is 1. The standard InChI is InChI=1S/C25H24F2N4O2/c1-16-4-9-19(14-21(16)27)29-25(33)30-22-15-20(10-11-23(22)31-12-2-3-13-31)28-24(32)17-5-7-18(26)8-6-17/h4-11,14-15H,2-3,12-13H2,1H3,(H,28,32)(H2,29,30,33). The van der Waals surface area contributed by atoms with Gasteiger partial charge in [0.2, 0.25) is 0 Å². The van der Waals surface area contributed by atoms with Crippen LogP contribution in [-0.2, 0) is 0 Å². The molecule has 0 spiro atoms. The van der Waals surface area contributed by atoms with Crippen molar-refractivity contribution in [3.05, 3.63) is 83.4 Å². The summed E-state index contributed by atoms with van der Waals surface area (Å²) in [6.07, 6.45) is 2.11. The van der Waals surface area contributed by atoms with Crippen molar-refractivity contribution in [1.82, 2.24) is 0 Å². The maximum absolute atomic E-state index is 13.8. The Morgan fingerprint density at radius 1 is 0.818 bits per heavy atom. The van der Waals surface area contributed by atoms with E-state index in [0.29, 0.717) is 28.2 Å². The van der Waals surface area contributed by atoms with Crippen molar-refractivity contribution in [1.29, 1.82) is 0 Å². The Morgan fingerprint density at radius 2 is 1.48 bits per heavy atom. The highest BCUT2D eigenvalue weighted by Crippen LogP contribution is 2.32. The average Bonchev–Trinajstić information content (AvgIpc) is 3.31. The smallest absolute Gasteiger partial charge is 0.323 e. The van der Waals surface area contributed by atoms with Gasteiger partial charge in [0.25, 0.3) is 5.91 Å². The van der Waals surface area contributed by atoms with Gasteiger partial charge in [0.15, 0.2) is 0 Å². The molecule has 1 heterocycles. The van der Waals surface area contributed by atoms with Crippen molar-refractivity contribution >= 4 is 34.7 Å². The quantitative estimate of drug-likeness (QED) is 0.462. The van der Waals surface area contributed by atoms with Gasteiger partial charge in [0.1, 0.15) is 11.6 Å². The zero-order valence-electron chi connectivity index (χ0n) is 18.1. The van der Waals surface area contributed by atoms with Crippen molar-refractivity contribution < 1.29 is 18.4 Å². The first-order valence-corrected chi connectivity index (χ1v) is 10.7. The van der Waals surface area contributed by atoms with Gasteiger partial charge in [-0.15, -0.1) is 0 Å². The number of benzene rings is 3. The second kappa shape index (κ2) is 9.68. The Hall–Kier alpha value is -3.94. The molecule has 8 heteroatoms. The minimum absolute atomic E-state index is 0.314. The Balaban J connectivity index is 1.54. The first-order valence-electron chi connectivity index (χ1n) is 10.7. The highest BCUT2D eigenvalue weighted by Gasteiger charge is 2.18. The predicted octanol–water partition coefficient (Wildman–Crippen LogP) is 5.77. The van der Waals surface area contributed by atoms with Crippen LogP contribution in [0, 0.1) is 18.6 Å². The zero-order valence-corrected chi connectivity index (χ0v) is 18.1. The van der Waals surface area contributed by atoms with Crippen LogP contribution in [0.5, 0.6) is 0 Å². The molecule has 1 aliphatic rings. The molecular weight excluding hydrogens is 426 g/mol. The number of hydrogen-bond acceptors (Lipinski definition) is 3. The molecule has 1 aliphatic heterocycles. The van der Waals surface area contributed by atoms with Gasteiger partial charge in [0, 0.05) is 30.0 Å². The third-order valence-electron chi connectivity index (χ3n) is 5.49. The highest BCUT2D eigenvalue weighted by molar-refractivity contribution is 6.06. The maximum atomic E-state index is 13.8. The van der Waals surface area contributed by atoms with Crippen LogP contribution in [-0.4, -0.2) is 25.0 Å². The molecule has 3 N–H and O–H groups in total. The molecule has 0 bridgehead atoms. The van der Waals surface area contributed by atoms with Crippen molar-refractivity contribution in [3.8, 4) is 0 Å². The van der Waals surface area contributed by atoms with Crippen LogP contribution in [0.4, 0.5) is 36.3 Å². The lowest BCUT2D eigenvalue weighted by molar-refractivity contribution is 0.102. The van der Waals surface area contributed by atoms with E-state index < -0.39 is 23.6 Å². The first-order chi connectivity index (χ1) is 15.9. The molecule has 6 nitrogen and oxygen atoms in total. The lowest BCUT2D eigenvalue weighted by Gasteiger charge is -2.22. The van der Waals surface area contributed by atoms with Crippen molar-refractivity contribution in [2.45, 2.75) is 19.8 Å². The molecule has 33 heavy (non-hydrogen) atoms. The van der Waals surface area contributed by atoms with Gasteiger partial charge in [-0.1, -0.05) is 6.07 Å². The summed E-state index contributed by atoms with van der Waals surface area (Å²) in [6.45, 7) is 3.37. The number of anilines is 4. The normalized spacial score (nSPS) is 13.0. The molecule has 0 saturated carbocycles. The summed E-state index contributed by atoms with van der Waals surface area (Å²) in [5.41, 5.74) is 2.95. The van der Waals surface area contributed by atoms with E-state index in [0.717, 1.165) is 31.6 Å². The van der Waals surface area contributed by atoms with Crippen LogP contribution in [0.2, 0.25) is 0 Å². The minimum Gasteiger partial charge on any atom is -0.370 e. The number of carbonyl (C=O) groups excluding carboxylic acids is 2. The van der Waals surface area contributed by atoms with Crippen LogP contribution in [0.25, 0.3) is 0 Å². The molecule has 3 aromatic rings. The van der Waals surface area contributed by atoms with E-state index in [-0.39, 0.29) is 0 Å². The van der Waals surface area contributed by atoms with Gasteiger partial charge in [0.05, 0.1) is 11.4 Å². The van der Waals surface area contributed by atoms with E-state index in [1.54, 1.807) is 31.2 Å². The Morgan fingerprint density at radius 3 is 2.18 bits per heavy atom. The number of halogens is 2. The fraction of sp³-hybridized carbons (Fsp3) is 0.200. The van der Waals surface area contributed by atoms with Crippen molar-refractivity contribution in [2.24, 2.45) is 0 Å². The second-order valence-corrected chi connectivity index (χ2v) is 7.93. The largest absolute Gasteiger partial charge is 0.370 e. The van der Waals surface area contributed by atoms with E-state index in [1.165, 1.54) is 30.3 Å². The Labute approximate surface area is 190 Å². The number of nitrogens with zero attached hydrogens (tertiary/aromatic N) is 1. The topological polar surface area (TPSA) is 73.5 Å². The zero-order chi connectivity index (χ0) is 23.4. The van der Waals surface area contributed by atoms with Crippen LogP contribution < -0.4 is 20.9 Å². The van der Waals surface area contributed by atoms with Crippen molar-refractivity contribution in [2.75, 3.05) is 33.9 Å². The third-order valence-corrected chi connectivity index (χ3v) is 5.49. The summed E-state index contributed by atoms with van der Waals surface area (Å²) in [6, 6.07) is 14.5. The van der Waals surface area contributed by atoms with Crippen LogP contribution >= 0.6 is 0 Å².